The van der Waals surface area contributed by atoms with E-state index in [1.165, 1.54) is 26.4 Å². The number of nitro groups is 1. The van der Waals surface area contributed by atoms with Crippen LogP contribution >= 0.6 is 11.6 Å². The van der Waals surface area contributed by atoms with E-state index in [1.807, 2.05) is 35.2 Å². The molecule has 0 radical (unpaired) electrons. The largest absolute Gasteiger partial charge is 0.493 e. The topological polar surface area (TPSA) is 111 Å². The van der Waals surface area contributed by atoms with Crippen molar-refractivity contribution in [3.8, 4) is 22.8 Å². The number of hydrogen-bond acceptors (Lipinski definition) is 8. The molecule has 0 saturated carbocycles. The molecule has 3 aromatic rings. The van der Waals surface area contributed by atoms with Gasteiger partial charge in [-0.25, -0.2) is 0 Å². The van der Waals surface area contributed by atoms with Gasteiger partial charge < -0.3 is 19.3 Å². The van der Waals surface area contributed by atoms with Crippen LogP contribution in [0.3, 0.4) is 0 Å². The van der Waals surface area contributed by atoms with Crippen molar-refractivity contribution in [1.82, 2.24) is 15.1 Å². The Labute approximate surface area is 200 Å². The second kappa shape index (κ2) is 9.92. The Balaban J connectivity index is 1.47. The molecule has 0 spiro atoms. The molecule has 0 atom stereocenters. The van der Waals surface area contributed by atoms with E-state index in [2.05, 4.69) is 10.2 Å². The number of halogens is 1. The molecule has 2 aromatic carbocycles. The van der Waals surface area contributed by atoms with Gasteiger partial charge in [0.05, 0.1) is 35.9 Å². The lowest BCUT2D eigenvalue weighted by Crippen LogP contribution is -2.49. The van der Waals surface area contributed by atoms with Gasteiger partial charge in [-0.1, -0.05) is 29.8 Å². The maximum absolute atomic E-state index is 13.1. The zero-order chi connectivity index (χ0) is 24.2. The number of nitro benzene ring substituents is 1. The molecule has 2 heterocycles. The van der Waals surface area contributed by atoms with Crippen molar-refractivity contribution in [2.24, 2.45) is 0 Å². The average Bonchev–Trinajstić information content (AvgIpc) is 2.88. The first kappa shape index (κ1) is 23.2. The van der Waals surface area contributed by atoms with Crippen molar-refractivity contribution in [2.45, 2.75) is 0 Å². The monoisotopic (exact) mass is 483 g/mol. The second-order valence-electron chi connectivity index (χ2n) is 7.52. The highest BCUT2D eigenvalue weighted by molar-refractivity contribution is 6.33. The van der Waals surface area contributed by atoms with E-state index in [9.17, 15) is 14.9 Å². The van der Waals surface area contributed by atoms with Crippen LogP contribution in [-0.2, 0) is 0 Å². The van der Waals surface area contributed by atoms with Crippen molar-refractivity contribution in [3.05, 3.63) is 69.2 Å². The van der Waals surface area contributed by atoms with Crippen LogP contribution in [-0.4, -0.2) is 66.3 Å². The fraction of sp³-hybridized carbons (Fsp3) is 0.261. The fourth-order valence-corrected chi connectivity index (χ4v) is 4.04. The SMILES string of the molecule is COc1cc(C(=O)N2CCN(c3ccc(-c4ccccc4Cl)nn3)CC2)c([N+](=O)[O-])cc1OC. The van der Waals surface area contributed by atoms with Gasteiger partial charge in [0.1, 0.15) is 5.56 Å². The second-order valence-corrected chi connectivity index (χ2v) is 7.92. The van der Waals surface area contributed by atoms with Crippen molar-refractivity contribution in [2.75, 3.05) is 45.3 Å². The van der Waals surface area contributed by atoms with Gasteiger partial charge in [-0.3, -0.25) is 14.9 Å². The molecule has 1 aromatic heterocycles. The molecule has 11 heteroatoms. The fourth-order valence-electron chi connectivity index (χ4n) is 3.81. The number of rotatable bonds is 6. The van der Waals surface area contributed by atoms with Crippen LogP contribution < -0.4 is 14.4 Å². The molecule has 1 aliphatic heterocycles. The maximum Gasteiger partial charge on any atom is 0.286 e. The van der Waals surface area contributed by atoms with Gasteiger partial charge in [0.25, 0.3) is 11.6 Å². The molecule has 0 bridgehead atoms. The Morgan fingerprint density at radius 2 is 1.68 bits per heavy atom. The first-order valence-corrected chi connectivity index (χ1v) is 10.8. The summed E-state index contributed by atoms with van der Waals surface area (Å²) in [5, 5.41) is 20.8. The number of amides is 1. The molecular weight excluding hydrogens is 462 g/mol. The number of hydrogen-bond donors (Lipinski definition) is 0. The summed E-state index contributed by atoms with van der Waals surface area (Å²) in [5.41, 5.74) is 1.10. The van der Waals surface area contributed by atoms with Crippen molar-refractivity contribution in [3.63, 3.8) is 0 Å². The third-order valence-corrected chi connectivity index (χ3v) is 5.95. The summed E-state index contributed by atoms with van der Waals surface area (Å²) in [6.45, 7) is 1.76. The number of piperazine rings is 1. The third-order valence-electron chi connectivity index (χ3n) is 5.62. The minimum atomic E-state index is -0.596. The highest BCUT2D eigenvalue weighted by Crippen LogP contribution is 2.35. The lowest BCUT2D eigenvalue weighted by Gasteiger charge is -2.35. The van der Waals surface area contributed by atoms with E-state index in [0.717, 1.165) is 5.56 Å². The first-order valence-electron chi connectivity index (χ1n) is 10.5. The maximum atomic E-state index is 13.1. The van der Waals surface area contributed by atoms with Crippen LogP contribution in [0.15, 0.2) is 48.5 Å². The summed E-state index contributed by atoms with van der Waals surface area (Å²) in [7, 11) is 2.79. The van der Waals surface area contributed by atoms with Gasteiger partial charge in [0, 0.05) is 37.8 Å². The standard InChI is InChI=1S/C23H22ClN5O5/c1-33-20-13-16(19(29(31)32)14-21(20)34-2)23(30)28-11-9-27(10-12-28)22-8-7-18(25-26-22)15-5-3-4-6-17(15)24/h3-8,13-14H,9-12H2,1-2H3. The highest BCUT2D eigenvalue weighted by Gasteiger charge is 2.30. The van der Waals surface area contributed by atoms with E-state index >= 15 is 0 Å². The molecule has 176 valence electrons. The molecule has 4 rings (SSSR count). The molecular formula is C23H22ClN5O5. The van der Waals surface area contributed by atoms with Crippen molar-refractivity contribution in [1.29, 1.82) is 0 Å². The number of nitrogens with zero attached hydrogens (tertiary/aromatic N) is 5. The summed E-state index contributed by atoms with van der Waals surface area (Å²) >= 11 is 6.24. The molecule has 10 nitrogen and oxygen atoms in total. The normalized spacial score (nSPS) is 13.5. The molecule has 0 N–H and O–H groups in total. The lowest BCUT2D eigenvalue weighted by atomic mass is 10.1. The number of ether oxygens (including phenoxy) is 2. The van der Waals surface area contributed by atoms with Crippen LogP contribution in [0.25, 0.3) is 11.3 Å². The number of anilines is 1. The van der Waals surface area contributed by atoms with Gasteiger partial charge in [0.15, 0.2) is 17.3 Å². The minimum absolute atomic E-state index is 0.0417. The average molecular weight is 484 g/mol. The van der Waals surface area contributed by atoms with Gasteiger partial charge in [-0.15, -0.1) is 10.2 Å². The summed E-state index contributed by atoms with van der Waals surface area (Å²) in [6.07, 6.45) is 0. The molecule has 1 fully saturated rings. The van der Waals surface area contributed by atoms with Gasteiger partial charge in [-0.05, 0) is 18.2 Å². The smallest absolute Gasteiger partial charge is 0.286 e. The number of methoxy groups -OCH3 is 2. The molecule has 0 unspecified atom stereocenters. The predicted molar refractivity (Wildman–Crippen MR) is 127 cm³/mol. The van der Waals surface area contributed by atoms with Gasteiger partial charge in [-0.2, -0.15) is 0 Å². The van der Waals surface area contributed by atoms with Crippen LogP contribution in [0.1, 0.15) is 10.4 Å². The quantitative estimate of drug-likeness (QED) is 0.385. The Bertz CT molecular complexity index is 1210. The zero-order valence-corrected chi connectivity index (χ0v) is 19.4. The lowest BCUT2D eigenvalue weighted by molar-refractivity contribution is -0.385. The summed E-state index contributed by atoms with van der Waals surface area (Å²) in [6, 6.07) is 13.7. The molecule has 1 saturated heterocycles. The molecule has 34 heavy (non-hydrogen) atoms. The molecule has 1 amide bonds. The van der Waals surface area contributed by atoms with Gasteiger partial charge in [0.2, 0.25) is 0 Å². The van der Waals surface area contributed by atoms with Crippen LogP contribution in [0.5, 0.6) is 11.5 Å². The Morgan fingerprint density at radius 1 is 1.00 bits per heavy atom. The van der Waals surface area contributed by atoms with Crippen LogP contribution in [0.2, 0.25) is 5.02 Å². The molecule has 0 aliphatic carbocycles. The van der Waals surface area contributed by atoms with E-state index in [0.29, 0.717) is 42.7 Å². The van der Waals surface area contributed by atoms with Crippen molar-refractivity contribution < 1.29 is 19.2 Å². The number of carbonyl (C=O) groups excluding carboxylic acids is 1. The molecule has 1 aliphatic rings. The van der Waals surface area contributed by atoms with Crippen molar-refractivity contribution >= 4 is 29.0 Å². The summed E-state index contributed by atoms with van der Waals surface area (Å²) < 4.78 is 10.4. The Kier molecular flexibility index (Phi) is 6.78. The van der Waals surface area contributed by atoms with Gasteiger partial charge >= 0.3 is 0 Å². The van der Waals surface area contributed by atoms with E-state index in [4.69, 9.17) is 21.1 Å². The minimum Gasteiger partial charge on any atom is -0.493 e. The number of aromatic nitrogens is 2. The third kappa shape index (κ3) is 4.58. The number of benzene rings is 2. The van der Waals surface area contributed by atoms with E-state index in [-0.39, 0.29) is 22.7 Å². The Hall–Kier alpha value is -3.92. The first-order chi connectivity index (χ1) is 16.4. The Morgan fingerprint density at radius 3 is 2.26 bits per heavy atom. The number of carbonyl (C=O) groups is 1. The predicted octanol–water partition coefficient (Wildman–Crippen LogP) is 3.68. The highest BCUT2D eigenvalue weighted by atomic mass is 35.5. The van der Waals surface area contributed by atoms with E-state index in [1.54, 1.807) is 11.0 Å². The summed E-state index contributed by atoms with van der Waals surface area (Å²) in [5.74, 6) is 0.686. The van der Waals surface area contributed by atoms with E-state index < -0.39 is 10.8 Å². The summed E-state index contributed by atoms with van der Waals surface area (Å²) in [4.78, 5) is 27.7. The van der Waals surface area contributed by atoms with Crippen LogP contribution in [0, 0.1) is 10.1 Å². The zero-order valence-electron chi connectivity index (χ0n) is 18.6. The van der Waals surface area contributed by atoms with Crippen LogP contribution in [0.4, 0.5) is 11.5 Å².